The number of sulfonamides is 1. The Hall–Kier alpha value is -1.95. The number of likely N-dealkylation sites (N-methyl/N-ethyl adjacent to an activating group) is 1. The molecule has 0 spiro atoms. The van der Waals surface area contributed by atoms with Crippen LogP contribution in [0.15, 0.2) is 29.2 Å². The minimum Gasteiger partial charge on any atom is -0.348 e. The van der Waals surface area contributed by atoms with Gasteiger partial charge in [-0.25, -0.2) is 8.42 Å². The van der Waals surface area contributed by atoms with Crippen molar-refractivity contribution in [3.8, 4) is 6.07 Å². The average molecular weight is 350 g/mol. The molecule has 1 aromatic rings. The minimum absolute atomic E-state index is 0.00105. The molecule has 1 heterocycles. The first kappa shape index (κ1) is 18.4. The molecule has 0 unspecified atom stereocenters. The summed E-state index contributed by atoms with van der Waals surface area (Å²) in [7, 11) is -0.299. The highest BCUT2D eigenvalue weighted by Gasteiger charge is 2.29. The summed E-state index contributed by atoms with van der Waals surface area (Å²) < 4.78 is 27.1. The molecule has 0 radical (unpaired) electrons. The first-order valence-corrected chi connectivity index (χ1v) is 9.22. The second kappa shape index (κ2) is 7.75. The molecule has 7 nitrogen and oxygen atoms in total. The predicted molar refractivity (Wildman–Crippen MR) is 89.7 cm³/mol. The van der Waals surface area contributed by atoms with Crippen molar-refractivity contribution in [3.63, 3.8) is 0 Å². The zero-order chi connectivity index (χ0) is 17.7. The minimum atomic E-state index is -3.71. The number of nitrogens with zero attached hydrogens (tertiary/aromatic N) is 4. The maximum absolute atomic E-state index is 12.8. The van der Waals surface area contributed by atoms with Gasteiger partial charge in [0.25, 0.3) is 0 Å². The highest BCUT2D eigenvalue weighted by atomic mass is 32.2. The molecule has 2 rings (SSSR count). The van der Waals surface area contributed by atoms with E-state index in [0.29, 0.717) is 32.6 Å². The van der Waals surface area contributed by atoms with Crippen LogP contribution in [0, 0.1) is 11.3 Å². The Labute approximate surface area is 143 Å². The maximum atomic E-state index is 12.8. The number of carbonyl (C=O) groups excluding carboxylic acids is 1. The molecule has 1 amide bonds. The Morgan fingerprint density at radius 2 is 1.92 bits per heavy atom. The van der Waals surface area contributed by atoms with E-state index in [1.807, 2.05) is 11.0 Å². The fraction of sp³-hybridized carbons (Fsp3) is 0.500. The van der Waals surface area contributed by atoms with Gasteiger partial charge in [0, 0.05) is 33.7 Å². The quantitative estimate of drug-likeness (QED) is 0.782. The van der Waals surface area contributed by atoms with Gasteiger partial charge in [0.05, 0.1) is 17.0 Å². The summed E-state index contributed by atoms with van der Waals surface area (Å²) >= 11 is 0. The van der Waals surface area contributed by atoms with Crippen LogP contribution in [0.5, 0.6) is 0 Å². The van der Waals surface area contributed by atoms with Crippen molar-refractivity contribution in [1.29, 1.82) is 5.26 Å². The fourth-order valence-corrected chi connectivity index (χ4v) is 4.21. The lowest BCUT2D eigenvalue weighted by atomic mass is 10.2. The van der Waals surface area contributed by atoms with E-state index in [4.69, 9.17) is 5.26 Å². The van der Waals surface area contributed by atoms with Crippen molar-refractivity contribution in [2.24, 2.45) is 0 Å². The molecular formula is C16H22N4O3S. The summed E-state index contributed by atoms with van der Waals surface area (Å²) in [6, 6.07) is 8.17. The zero-order valence-electron chi connectivity index (χ0n) is 14.0. The Morgan fingerprint density at radius 3 is 2.58 bits per heavy atom. The highest BCUT2D eigenvalue weighted by Crippen LogP contribution is 2.21. The second-order valence-corrected chi connectivity index (χ2v) is 7.84. The molecule has 0 N–H and O–H groups in total. The third-order valence-electron chi connectivity index (χ3n) is 4.03. The molecule has 1 aromatic carbocycles. The predicted octanol–water partition coefficient (Wildman–Crippen LogP) is 0.343. The molecule has 8 heteroatoms. The van der Waals surface area contributed by atoms with Crippen LogP contribution in [0.4, 0.5) is 0 Å². The molecule has 1 aliphatic heterocycles. The van der Waals surface area contributed by atoms with Gasteiger partial charge in [-0.3, -0.25) is 9.69 Å². The number of amides is 1. The number of rotatable bonds is 4. The first-order chi connectivity index (χ1) is 11.4. The summed E-state index contributed by atoms with van der Waals surface area (Å²) in [5, 5.41) is 9.15. The van der Waals surface area contributed by atoms with Crippen LogP contribution in [0.3, 0.4) is 0 Å². The van der Waals surface area contributed by atoms with Gasteiger partial charge in [0.2, 0.25) is 15.9 Å². The molecule has 0 saturated carbocycles. The van der Waals surface area contributed by atoms with Crippen LogP contribution in [0.25, 0.3) is 0 Å². The Kier molecular flexibility index (Phi) is 5.94. The van der Waals surface area contributed by atoms with Gasteiger partial charge in [-0.2, -0.15) is 9.57 Å². The lowest BCUT2D eigenvalue weighted by Crippen LogP contribution is -2.39. The van der Waals surface area contributed by atoms with Gasteiger partial charge in [-0.1, -0.05) is 12.1 Å². The molecule has 1 aliphatic rings. The van der Waals surface area contributed by atoms with E-state index in [1.165, 1.54) is 21.3 Å². The molecule has 0 bridgehead atoms. The van der Waals surface area contributed by atoms with E-state index in [-0.39, 0.29) is 22.9 Å². The van der Waals surface area contributed by atoms with E-state index >= 15 is 0 Å². The van der Waals surface area contributed by atoms with E-state index in [9.17, 15) is 13.2 Å². The molecule has 1 fully saturated rings. The summed E-state index contributed by atoms with van der Waals surface area (Å²) in [5.41, 5.74) is 0.154. The smallest absolute Gasteiger partial charge is 0.244 e. The SMILES string of the molecule is CN(C)C(=O)CN1CCCN(S(=O)(=O)c2ccccc2C#N)CC1. The van der Waals surface area contributed by atoms with Crippen molar-refractivity contribution < 1.29 is 13.2 Å². The summed E-state index contributed by atoms with van der Waals surface area (Å²) in [5.74, 6) is 0.00105. The van der Waals surface area contributed by atoms with Gasteiger partial charge in [-0.15, -0.1) is 0 Å². The third-order valence-corrected chi connectivity index (χ3v) is 5.99. The lowest BCUT2D eigenvalue weighted by Gasteiger charge is -2.22. The number of nitriles is 1. The molecule has 0 aromatic heterocycles. The largest absolute Gasteiger partial charge is 0.348 e. The van der Waals surface area contributed by atoms with Crippen LogP contribution in [-0.4, -0.2) is 75.2 Å². The standard InChI is InChI=1S/C16H22N4O3S/c1-18(2)16(21)13-19-8-5-9-20(11-10-19)24(22,23)15-7-4-3-6-14(15)12-17/h3-4,6-7H,5,8-11,13H2,1-2H3. The Bertz CT molecular complexity index is 740. The topological polar surface area (TPSA) is 84.7 Å². The zero-order valence-corrected chi connectivity index (χ0v) is 14.8. The highest BCUT2D eigenvalue weighted by molar-refractivity contribution is 7.89. The molecule has 24 heavy (non-hydrogen) atoms. The van der Waals surface area contributed by atoms with Crippen molar-refractivity contribution in [3.05, 3.63) is 29.8 Å². The van der Waals surface area contributed by atoms with Crippen molar-refractivity contribution in [2.45, 2.75) is 11.3 Å². The van der Waals surface area contributed by atoms with E-state index in [2.05, 4.69) is 0 Å². The number of hydrogen-bond donors (Lipinski definition) is 0. The van der Waals surface area contributed by atoms with Crippen LogP contribution in [0.2, 0.25) is 0 Å². The number of benzene rings is 1. The molecule has 130 valence electrons. The monoisotopic (exact) mass is 350 g/mol. The first-order valence-electron chi connectivity index (χ1n) is 7.78. The fourth-order valence-electron chi connectivity index (χ4n) is 2.60. The molecule has 0 atom stereocenters. The van der Waals surface area contributed by atoms with Crippen molar-refractivity contribution in [1.82, 2.24) is 14.1 Å². The van der Waals surface area contributed by atoms with Gasteiger partial charge < -0.3 is 4.90 Å². The lowest BCUT2D eigenvalue weighted by molar-refractivity contribution is -0.129. The molecule has 0 aliphatic carbocycles. The van der Waals surface area contributed by atoms with E-state index < -0.39 is 10.0 Å². The summed E-state index contributed by atoms with van der Waals surface area (Å²) in [6.45, 7) is 2.15. The normalized spacial score (nSPS) is 17.0. The third kappa shape index (κ3) is 4.12. The van der Waals surface area contributed by atoms with Crippen molar-refractivity contribution in [2.75, 3.05) is 46.8 Å². The van der Waals surface area contributed by atoms with E-state index in [1.54, 1.807) is 26.2 Å². The number of carbonyl (C=O) groups is 1. The van der Waals surface area contributed by atoms with Gasteiger partial charge in [-0.05, 0) is 25.1 Å². The van der Waals surface area contributed by atoms with Gasteiger partial charge in [0.15, 0.2) is 0 Å². The van der Waals surface area contributed by atoms with Gasteiger partial charge in [0.1, 0.15) is 6.07 Å². The van der Waals surface area contributed by atoms with E-state index in [0.717, 1.165) is 0 Å². The Balaban J connectivity index is 2.13. The summed E-state index contributed by atoms with van der Waals surface area (Å²) in [4.78, 5) is 15.4. The van der Waals surface area contributed by atoms with Crippen LogP contribution in [-0.2, 0) is 14.8 Å². The van der Waals surface area contributed by atoms with Crippen molar-refractivity contribution >= 4 is 15.9 Å². The second-order valence-electron chi connectivity index (χ2n) is 5.93. The summed E-state index contributed by atoms with van der Waals surface area (Å²) in [6.07, 6.45) is 0.647. The Morgan fingerprint density at radius 1 is 1.21 bits per heavy atom. The average Bonchev–Trinajstić information content (AvgIpc) is 2.80. The van der Waals surface area contributed by atoms with Crippen LogP contribution >= 0.6 is 0 Å². The number of hydrogen-bond acceptors (Lipinski definition) is 5. The van der Waals surface area contributed by atoms with Crippen LogP contribution in [0.1, 0.15) is 12.0 Å². The van der Waals surface area contributed by atoms with Gasteiger partial charge >= 0.3 is 0 Å². The van der Waals surface area contributed by atoms with Crippen LogP contribution < -0.4 is 0 Å². The maximum Gasteiger partial charge on any atom is 0.244 e. The molecular weight excluding hydrogens is 328 g/mol. The molecule has 1 saturated heterocycles.